The van der Waals surface area contributed by atoms with Gasteiger partial charge in [-0.05, 0) is 12.1 Å². The number of carbonyl (C=O) groups excluding carboxylic acids is 1. The molecule has 0 fully saturated rings. The van der Waals surface area contributed by atoms with Crippen LogP contribution < -0.4 is 0 Å². The van der Waals surface area contributed by atoms with Crippen molar-refractivity contribution in [2.24, 2.45) is 0 Å². The lowest BCUT2D eigenvalue weighted by Gasteiger charge is -1.96. The number of carboxylic acids is 1. The number of nitrogens with one attached hydrogen (secondary N) is 1. The highest BCUT2D eigenvalue weighted by Crippen LogP contribution is 2.10. The summed E-state index contributed by atoms with van der Waals surface area (Å²) in [6, 6.07) is 6.21. The maximum absolute atomic E-state index is 12.9. The Balaban J connectivity index is 2.34. The molecule has 0 radical (unpaired) electrons. The molecule has 0 bridgehead atoms. The van der Waals surface area contributed by atoms with Crippen molar-refractivity contribution in [3.63, 3.8) is 0 Å². The number of aromatic carboxylic acids is 1. The minimum absolute atomic E-state index is 0.0620. The minimum Gasteiger partial charge on any atom is -0.477 e. The van der Waals surface area contributed by atoms with Crippen LogP contribution in [-0.4, -0.2) is 27.1 Å². The Hall–Kier alpha value is -2.50. The average molecular weight is 234 g/mol. The van der Waals surface area contributed by atoms with E-state index in [4.69, 9.17) is 5.11 Å². The first-order valence-electron chi connectivity index (χ1n) is 4.67. The number of carbonyl (C=O) groups is 2. The van der Waals surface area contributed by atoms with Gasteiger partial charge < -0.3 is 5.11 Å². The minimum atomic E-state index is -1.21. The van der Waals surface area contributed by atoms with Crippen molar-refractivity contribution in [1.82, 2.24) is 10.2 Å². The summed E-state index contributed by atoms with van der Waals surface area (Å²) in [6.07, 6.45) is 0. The molecule has 0 atom stereocenters. The summed E-state index contributed by atoms with van der Waals surface area (Å²) in [5, 5.41) is 14.4. The van der Waals surface area contributed by atoms with Gasteiger partial charge in [-0.3, -0.25) is 9.89 Å². The lowest BCUT2D eigenvalue weighted by atomic mass is 10.1. The summed E-state index contributed by atoms with van der Waals surface area (Å²) in [6.45, 7) is 0. The lowest BCUT2D eigenvalue weighted by Crippen LogP contribution is -2.02. The zero-order valence-electron chi connectivity index (χ0n) is 8.48. The van der Waals surface area contributed by atoms with Gasteiger partial charge in [-0.15, -0.1) is 0 Å². The van der Waals surface area contributed by atoms with Gasteiger partial charge in [0.1, 0.15) is 17.2 Å². The highest BCUT2D eigenvalue weighted by molar-refractivity contribution is 6.08. The third kappa shape index (κ3) is 2.20. The molecular formula is C11H7FN2O3. The largest absolute Gasteiger partial charge is 0.477 e. The number of benzene rings is 1. The second-order valence-electron chi connectivity index (χ2n) is 3.31. The van der Waals surface area contributed by atoms with Crippen LogP contribution in [-0.2, 0) is 0 Å². The SMILES string of the molecule is O=C(c1cccc(F)c1)c1cc(C(=O)O)[nH]n1. The molecule has 86 valence electrons. The molecule has 17 heavy (non-hydrogen) atoms. The smallest absolute Gasteiger partial charge is 0.353 e. The van der Waals surface area contributed by atoms with Crippen LogP contribution in [0.5, 0.6) is 0 Å². The molecular weight excluding hydrogens is 227 g/mol. The van der Waals surface area contributed by atoms with E-state index in [1.54, 1.807) is 0 Å². The second kappa shape index (κ2) is 4.17. The molecule has 0 aliphatic carbocycles. The van der Waals surface area contributed by atoms with Crippen molar-refractivity contribution in [3.05, 3.63) is 53.1 Å². The molecule has 1 aromatic heterocycles. The highest BCUT2D eigenvalue weighted by atomic mass is 19.1. The van der Waals surface area contributed by atoms with Gasteiger partial charge in [0.05, 0.1) is 0 Å². The molecule has 5 nitrogen and oxygen atoms in total. The Morgan fingerprint density at radius 2 is 2.06 bits per heavy atom. The van der Waals surface area contributed by atoms with Crippen LogP contribution >= 0.6 is 0 Å². The number of aromatic nitrogens is 2. The van der Waals surface area contributed by atoms with Crippen molar-refractivity contribution in [3.8, 4) is 0 Å². The number of hydrogen-bond donors (Lipinski definition) is 2. The second-order valence-corrected chi connectivity index (χ2v) is 3.31. The van der Waals surface area contributed by atoms with E-state index in [0.29, 0.717) is 0 Å². The number of H-pyrrole nitrogens is 1. The van der Waals surface area contributed by atoms with E-state index in [-0.39, 0.29) is 17.0 Å². The molecule has 2 aromatic rings. The van der Waals surface area contributed by atoms with E-state index in [1.165, 1.54) is 18.2 Å². The Morgan fingerprint density at radius 3 is 2.65 bits per heavy atom. The normalized spacial score (nSPS) is 10.2. The Bertz CT molecular complexity index is 592. The van der Waals surface area contributed by atoms with Crippen LogP contribution in [0.1, 0.15) is 26.5 Å². The monoisotopic (exact) mass is 234 g/mol. The van der Waals surface area contributed by atoms with Gasteiger partial charge in [-0.1, -0.05) is 12.1 Å². The van der Waals surface area contributed by atoms with Crippen LogP contribution in [0.15, 0.2) is 30.3 Å². The molecule has 2 N–H and O–H groups in total. The maximum Gasteiger partial charge on any atom is 0.353 e. The fourth-order valence-electron chi connectivity index (χ4n) is 1.33. The topological polar surface area (TPSA) is 83.0 Å². The van der Waals surface area contributed by atoms with Crippen LogP contribution in [0.2, 0.25) is 0 Å². The van der Waals surface area contributed by atoms with E-state index in [2.05, 4.69) is 10.2 Å². The quantitative estimate of drug-likeness (QED) is 0.788. The van der Waals surface area contributed by atoms with Gasteiger partial charge in [0.25, 0.3) is 0 Å². The van der Waals surface area contributed by atoms with Crippen molar-refractivity contribution < 1.29 is 19.1 Å². The molecule has 0 spiro atoms. The van der Waals surface area contributed by atoms with Crippen molar-refractivity contribution >= 4 is 11.8 Å². The molecule has 1 aromatic carbocycles. The third-order valence-electron chi connectivity index (χ3n) is 2.13. The summed E-state index contributed by atoms with van der Waals surface area (Å²) < 4.78 is 12.9. The highest BCUT2D eigenvalue weighted by Gasteiger charge is 2.15. The van der Waals surface area contributed by atoms with E-state index in [9.17, 15) is 14.0 Å². The van der Waals surface area contributed by atoms with Gasteiger partial charge in [0, 0.05) is 11.6 Å². The van der Waals surface area contributed by atoms with E-state index >= 15 is 0 Å². The zero-order chi connectivity index (χ0) is 12.4. The van der Waals surface area contributed by atoms with Crippen LogP contribution in [0.4, 0.5) is 4.39 Å². The van der Waals surface area contributed by atoms with Gasteiger partial charge in [0.2, 0.25) is 5.78 Å². The molecule has 0 saturated heterocycles. The number of hydrogen-bond acceptors (Lipinski definition) is 3. The van der Waals surface area contributed by atoms with Crippen molar-refractivity contribution in [2.75, 3.05) is 0 Å². The maximum atomic E-state index is 12.9. The van der Waals surface area contributed by atoms with Crippen molar-refractivity contribution in [1.29, 1.82) is 0 Å². The summed E-state index contributed by atoms with van der Waals surface area (Å²) in [7, 11) is 0. The Labute approximate surface area is 94.9 Å². The van der Waals surface area contributed by atoms with Crippen molar-refractivity contribution in [2.45, 2.75) is 0 Å². The third-order valence-corrected chi connectivity index (χ3v) is 2.13. The summed E-state index contributed by atoms with van der Waals surface area (Å²) in [5.41, 5.74) is -0.133. The first-order chi connectivity index (χ1) is 8.08. The number of aromatic amines is 1. The van der Waals surface area contributed by atoms with E-state index in [0.717, 1.165) is 12.1 Å². The first-order valence-corrected chi connectivity index (χ1v) is 4.67. The van der Waals surface area contributed by atoms with E-state index < -0.39 is 17.6 Å². The predicted molar refractivity (Wildman–Crippen MR) is 55.4 cm³/mol. The molecule has 0 aliphatic heterocycles. The number of nitrogens with zero attached hydrogens (tertiary/aromatic N) is 1. The average Bonchev–Trinajstić information content (AvgIpc) is 2.77. The van der Waals surface area contributed by atoms with E-state index in [1.807, 2.05) is 0 Å². The molecule has 0 unspecified atom stereocenters. The fourth-order valence-corrected chi connectivity index (χ4v) is 1.33. The molecule has 1 heterocycles. The van der Waals surface area contributed by atoms with Crippen LogP contribution in [0, 0.1) is 5.82 Å². The fraction of sp³-hybridized carbons (Fsp3) is 0. The standard InChI is InChI=1S/C11H7FN2O3/c12-7-3-1-2-6(4-7)10(15)8-5-9(11(16)17)14-13-8/h1-5H,(H,13,14)(H,16,17). The Kier molecular flexibility index (Phi) is 2.70. The first kappa shape index (κ1) is 11.0. The number of halogens is 1. The molecule has 0 saturated carbocycles. The summed E-state index contributed by atoms with van der Waals surface area (Å²) in [4.78, 5) is 22.4. The molecule has 2 rings (SSSR count). The lowest BCUT2D eigenvalue weighted by molar-refractivity contribution is 0.0690. The molecule has 0 aliphatic rings. The Morgan fingerprint density at radius 1 is 1.29 bits per heavy atom. The summed E-state index contributed by atoms with van der Waals surface area (Å²) >= 11 is 0. The van der Waals surface area contributed by atoms with Crippen LogP contribution in [0.25, 0.3) is 0 Å². The van der Waals surface area contributed by atoms with Gasteiger partial charge in [-0.2, -0.15) is 5.10 Å². The van der Waals surface area contributed by atoms with Crippen LogP contribution in [0.3, 0.4) is 0 Å². The predicted octanol–water partition coefficient (Wildman–Crippen LogP) is 1.48. The molecule has 0 amide bonds. The van der Waals surface area contributed by atoms with Gasteiger partial charge in [-0.25, -0.2) is 9.18 Å². The summed E-state index contributed by atoms with van der Waals surface area (Å²) in [5.74, 6) is -2.28. The van der Waals surface area contributed by atoms with Gasteiger partial charge in [0.15, 0.2) is 0 Å². The van der Waals surface area contributed by atoms with Gasteiger partial charge >= 0.3 is 5.97 Å². The number of carboxylic acid groups (broad SMARTS) is 1. The number of rotatable bonds is 3. The molecule has 6 heteroatoms. The zero-order valence-corrected chi connectivity index (χ0v) is 8.48. The number of ketones is 1.